The Kier molecular flexibility index (Phi) is 4.40. The third-order valence-electron chi connectivity index (χ3n) is 2.88. The van der Waals surface area contributed by atoms with Crippen molar-refractivity contribution in [2.75, 3.05) is 24.3 Å². The van der Waals surface area contributed by atoms with Gasteiger partial charge in [0.15, 0.2) is 0 Å². The lowest BCUT2D eigenvalue weighted by Crippen LogP contribution is -2.18. The molecule has 1 aromatic heterocycles. The van der Waals surface area contributed by atoms with E-state index >= 15 is 0 Å². The zero-order valence-electron chi connectivity index (χ0n) is 12.1. The molecule has 1 aromatic carbocycles. The van der Waals surface area contributed by atoms with Crippen molar-refractivity contribution in [3.8, 4) is 5.88 Å². The fourth-order valence-electron chi connectivity index (χ4n) is 1.92. The maximum absolute atomic E-state index is 5.69. The van der Waals surface area contributed by atoms with E-state index < -0.39 is 0 Å². The quantitative estimate of drug-likeness (QED) is 0.847. The summed E-state index contributed by atoms with van der Waals surface area (Å²) in [6, 6.07) is 9.69. The molecule has 0 spiro atoms. The summed E-state index contributed by atoms with van der Waals surface area (Å²) in [6.07, 6.45) is 0. The highest BCUT2D eigenvalue weighted by atomic mass is 16.5. The largest absolute Gasteiger partial charge is 0.478 e. The highest BCUT2D eigenvalue weighted by Crippen LogP contribution is 2.18. The number of nitrogens with zero attached hydrogens (tertiary/aromatic N) is 3. The average molecular weight is 272 g/mol. The van der Waals surface area contributed by atoms with Gasteiger partial charge in [0.05, 0.1) is 6.61 Å². The van der Waals surface area contributed by atoms with Crippen molar-refractivity contribution in [3.05, 3.63) is 41.7 Å². The first-order valence-electron chi connectivity index (χ1n) is 6.62. The van der Waals surface area contributed by atoms with Crippen molar-refractivity contribution in [1.29, 1.82) is 0 Å². The van der Waals surface area contributed by atoms with Crippen LogP contribution in [-0.2, 0) is 6.54 Å². The summed E-state index contributed by atoms with van der Waals surface area (Å²) in [7, 11) is 1.99. The summed E-state index contributed by atoms with van der Waals surface area (Å²) < 4.78 is 5.45. The van der Waals surface area contributed by atoms with Gasteiger partial charge in [-0.05, 0) is 31.5 Å². The molecule has 20 heavy (non-hydrogen) atoms. The number of benzene rings is 1. The molecule has 5 heteroatoms. The van der Waals surface area contributed by atoms with Crippen LogP contribution in [-0.4, -0.2) is 23.6 Å². The standard InChI is InChI=1S/C15H20N4O/c1-4-20-15-9-14(17-11(2)18-15)19(3)10-12-5-7-13(16)8-6-12/h5-9H,4,10,16H2,1-3H3. The van der Waals surface area contributed by atoms with Crippen molar-refractivity contribution >= 4 is 11.5 Å². The van der Waals surface area contributed by atoms with E-state index in [0.717, 1.165) is 18.1 Å². The molecule has 0 bridgehead atoms. The van der Waals surface area contributed by atoms with Crippen LogP contribution in [0.3, 0.4) is 0 Å². The SMILES string of the molecule is CCOc1cc(N(C)Cc2ccc(N)cc2)nc(C)n1. The monoisotopic (exact) mass is 272 g/mol. The number of rotatable bonds is 5. The van der Waals surface area contributed by atoms with E-state index in [-0.39, 0.29) is 0 Å². The Labute approximate surface area is 119 Å². The summed E-state index contributed by atoms with van der Waals surface area (Å²) in [5.74, 6) is 2.16. The van der Waals surface area contributed by atoms with Crippen molar-refractivity contribution in [1.82, 2.24) is 9.97 Å². The number of aromatic nitrogens is 2. The zero-order valence-corrected chi connectivity index (χ0v) is 12.1. The van der Waals surface area contributed by atoms with Crippen LogP contribution in [0.1, 0.15) is 18.3 Å². The molecule has 2 rings (SSSR count). The van der Waals surface area contributed by atoms with Gasteiger partial charge in [0.1, 0.15) is 11.6 Å². The lowest BCUT2D eigenvalue weighted by atomic mass is 10.2. The van der Waals surface area contributed by atoms with E-state index in [1.54, 1.807) is 0 Å². The van der Waals surface area contributed by atoms with Gasteiger partial charge in [-0.3, -0.25) is 0 Å². The molecule has 0 atom stereocenters. The van der Waals surface area contributed by atoms with Gasteiger partial charge >= 0.3 is 0 Å². The Bertz CT molecular complexity index is 569. The Morgan fingerprint density at radius 3 is 2.55 bits per heavy atom. The summed E-state index contributed by atoms with van der Waals surface area (Å²) in [6.45, 7) is 5.15. The van der Waals surface area contributed by atoms with Crippen LogP contribution in [0.2, 0.25) is 0 Å². The van der Waals surface area contributed by atoms with Crippen LogP contribution < -0.4 is 15.4 Å². The molecule has 0 radical (unpaired) electrons. The van der Waals surface area contributed by atoms with E-state index in [9.17, 15) is 0 Å². The Morgan fingerprint density at radius 2 is 1.90 bits per heavy atom. The Hall–Kier alpha value is -2.30. The van der Waals surface area contributed by atoms with Crippen LogP contribution in [0.5, 0.6) is 5.88 Å². The van der Waals surface area contributed by atoms with Gasteiger partial charge < -0.3 is 15.4 Å². The average Bonchev–Trinajstić information content (AvgIpc) is 2.41. The molecule has 0 aliphatic carbocycles. The third kappa shape index (κ3) is 3.60. The maximum atomic E-state index is 5.69. The van der Waals surface area contributed by atoms with Crippen LogP contribution in [0.25, 0.3) is 0 Å². The molecule has 0 aliphatic heterocycles. The highest BCUT2D eigenvalue weighted by molar-refractivity contribution is 5.44. The van der Waals surface area contributed by atoms with Gasteiger partial charge in [0.25, 0.3) is 0 Å². The van der Waals surface area contributed by atoms with Gasteiger partial charge in [-0.2, -0.15) is 4.98 Å². The first kappa shape index (κ1) is 14.1. The molecule has 0 saturated heterocycles. The van der Waals surface area contributed by atoms with Crippen molar-refractivity contribution in [3.63, 3.8) is 0 Å². The van der Waals surface area contributed by atoms with E-state index in [1.807, 2.05) is 51.2 Å². The molecule has 2 N–H and O–H groups in total. The first-order chi connectivity index (χ1) is 9.58. The predicted molar refractivity (Wildman–Crippen MR) is 80.9 cm³/mol. The molecule has 106 valence electrons. The number of hydrogen-bond acceptors (Lipinski definition) is 5. The predicted octanol–water partition coefficient (Wildman–Crippen LogP) is 2.40. The maximum Gasteiger partial charge on any atom is 0.218 e. The molecule has 0 aliphatic rings. The molecule has 0 unspecified atom stereocenters. The zero-order chi connectivity index (χ0) is 14.5. The second-order valence-electron chi connectivity index (χ2n) is 4.64. The highest BCUT2D eigenvalue weighted by Gasteiger charge is 2.08. The Morgan fingerprint density at radius 1 is 1.20 bits per heavy atom. The number of nitrogen functional groups attached to an aromatic ring is 1. The van der Waals surface area contributed by atoms with E-state index in [0.29, 0.717) is 18.3 Å². The molecule has 0 amide bonds. The lowest BCUT2D eigenvalue weighted by molar-refractivity contribution is 0.325. The number of hydrogen-bond donors (Lipinski definition) is 1. The molecular formula is C15H20N4O. The molecule has 5 nitrogen and oxygen atoms in total. The minimum atomic E-state index is 0.595. The van der Waals surface area contributed by atoms with Gasteiger partial charge in [0.2, 0.25) is 5.88 Å². The van der Waals surface area contributed by atoms with E-state index in [2.05, 4.69) is 14.9 Å². The molecular weight excluding hydrogens is 252 g/mol. The van der Waals surface area contributed by atoms with Gasteiger partial charge in [-0.25, -0.2) is 4.98 Å². The summed E-state index contributed by atoms with van der Waals surface area (Å²) in [4.78, 5) is 10.7. The third-order valence-corrected chi connectivity index (χ3v) is 2.88. The summed E-state index contributed by atoms with van der Waals surface area (Å²) in [5.41, 5.74) is 7.64. The van der Waals surface area contributed by atoms with Crippen LogP contribution >= 0.6 is 0 Å². The second-order valence-corrected chi connectivity index (χ2v) is 4.64. The fraction of sp³-hybridized carbons (Fsp3) is 0.333. The van der Waals surface area contributed by atoms with Gasteiger partial charge in [-0.1, -0.05) is 12.1 Å². The second kappa shape index (κ2) is 6.23. The van der Waals surface area contributed by atoms with Crippen LogP contribution in [0, 0.1) is 6.92 Å². The van der Waals surface area contributed by atoms with E-state index in [4.69, 9.17) is 10.5 Å². The van der Waals surface area contributed by atoms with Crippen molar-refractivity contribution in [2.24, 2.45) is 0 Å². The summed E-state index contributed by atoms with van der Waals surface area (Å²) >= 11 is 0. The minimum Gasteiger partial charge on any atom is -0.478 e. The van der Waals surface area contributed by atoms with Crippen molar-refractivity contribution in [2.45, 2.75) is 20.4 Å². The topological polar surface area (TPSA) is 64.3 Å². The van der Waals surface area contributed by atoms with Gasteiger partial charge in [0, 0.05) is 25.3 Å². The smallest absolute Gasteiger partial charge is 0.218 e. The Balaban J connectivity index is 2.15. The molecule has 0 saturated carbocycles. The number of anilines is 2. The van der Waals surface area contributed by atoms with Crippen LogP contribution in [0.4, 0.5) is 11.5 Å². The van der Waals surface area contributed by atoms with E-state index in [1.165, 1.54) is 5.56 Å². The molecule has 0 fully saturated rings. The summed E-state index contributed by atoms with van der Waals surface area (Å²) in [5, 5.41) is 0. The number of nitrogens with two attached hydrogens (primary N) is 1. The number of ether oxygens (including phenoxy) is 1. The minimum absolute atomic E-state index is 0.595. The normalized spacial score (nSPS) is 10.3. The number of aryl methyl sites for hydroxylation is 1. The lowest BCUT2D eigenvalue weighted by Gasteiger charge is -2.19. The van der Waals surface area contributed by atoms with Crippen LogP contribution in [0.15, 0.2) is 30.3 Å². The molecule has 1 heterocycles. The fourth-order valence-corrected chi connectivity index (χ4v) is 1.92. The molecule has 2 aromatic rings. The first-order valence-corrected chi connectivity index (χ1v) is 6.62. The van der Waals surface area contributed by atoms with Crippen molar-refractivity contribution < 1.29 is 4.74 Å². The van der Waals surface area contributed by atoms with Gasteiger partial charge in [-0.15, -0.1) is 0 Å².